The molecule has 1 heterocycles. The zero-order chi connectivity index (χ0) is 12.8. The summed E-state index contributed by atoms with van der Waals surface area (Å²) in [5.41, 5.74) is 2.34. The van der Waals surface area contributed by atoms with Crippen molar-refractivity contribution in [1.82, 2.24) is 5.32 Å². The molecule has 2 N–H and O–H groups in total. The van der Waals surface area contributed by atoms with Crippen LogP contribution in [0.1, 0.15) is 49.7 Å². The summed E-state index contributed by atoms with van der Waals surface area (Å²) >= 11 is 0. The highest BCUT2D eigenvalue weighted by molar-refractivity contribution is 5.58. The maximum atomic E-state index is 9.90. The second-order valence-corrected chi connectivity index (χ2v) is 5.02. The van der Waals surface area contributed by atoms with Crippen molar-refractivity contribution in [2.75, 3.05) is 13.1 Å². The third-order valence-corrected chi connectivity index (χ3v) is 3.64. The SMILES string of the molecule is CCC/C=C(/O)c1ccc(C2CCNCC2)cc1. The Morgan fingerprint density at radius 2 is 1.94 bits per heavy atom. The third-order valence-electron chi connectivity index (χ3n) is 3.64. The quantitative estimate of drug-likeness (QED) is 0.790. The molecule has 0 aromatic heterocycles. The van der Waals surface area contributed by atoms with E-state index in [0.717, 1.165) is 31.5 Å². The van der Waals surface area contributed by atoms with E-state index in [1.165, 1.54) is 18.4 Å². The van der Waals surface area contributed by atoms with Gasteiger partial charge < -0.3 is 10.4 Å². The first kappa shape index (κ1) is 13.2. The van der Waals surface area contributed by atoms with Crippen molar-refractivity contribution in [2.45, 2.75) is 38.5 Å². The fraction of sp³-hybridized carbons (Fsp3) is 0.500. The van der Waals surface area contributed by atoms with Gasteiger partial charge in [-0.25, -0.2) is 0 Å². The van der Waals surface area contributed by atoms with Crippen molar-refractivity contribution >= 4 is 5.76 Å². The average molecular weight is 245 g/mol. The molecule has 2 rings (SSSR count). The lowest BCUT2D eigenvalue weighted by molar-refractivity contribution is 0.460. The number of allylic oxidation sites excluding steroid dienone is 1. The second kappa shape index (κ2) is 6.60. The van der Waals surface area contributed by atoms with E-state index in [9.17, 15) is 5.11 Å². The number of piperidine rings is 1. The number of aliphatic hydroxyl groups is 1. The number of aliphatic hydroxyl groups excluding tert-OH is 1. The van der Waals surface area contributed by atoms with Gasteiger partial charge in [-0.15, -0.1) is 0 Å². The molecule has 0 aliphatic carbocycles. The smallest absolute Gasteiger partial charge is 0.118 e. The average Bonchev–Trinajstić information content (AvgIpc) is 2.46. The highest BCUT2D eigenvalue weighted by Gasteiger charge is 2.14. The van der Waals surface area contributed by atoms with Gasteiger partial charge in [-0.1, -0.05) is 37.6 Å². The molecule has 1 aliphatic heterocycles. The van der Waals surface area contributed by atoms with E-state index in [0.29, 0.717) is 11.7 Å². The van der Waals surface area contributed by atoms with Crippen LogP contribution in [-0.4, -0.2) is 18.2 Å². The number of unbranched alkanes of at least 4 members (excludes halogenated alkanes) is 1. The molecule has 0 radical (unpaired) electrons. The fourth-order valence-electron chi connectivity index (χ4n) is 2.48. The first-order chi connectivity index (χ1) is 8.81. The van der Waals surface area contributed by atoms with E-state index < -0.39 is 0 Å². The Labute approximate surface area is 110 Å². The van der Waals surface area contributed by atoms with Crippen LogP contribution in [0.4, 0.5) is 0 Å². The van der Waals surface area contributed by atoms with Gasteiger partial charge in [0, 0.05) is 5.56 Å². The van der Waals surface area contributed by atoms with Gasteiger partial charge in [-0.05, 0) is 49.9 Å². The summed E-state index contributed by atoms with van der Waals surface area (Å²) in [6.07, 6.45) is 6.34. The Bertz CT molecular complexity index is 388. The number of rotatable bonds is 4. The van der Waals surface area contributed by atoms with Crippen LogP contribution < -0.4 is 5.32 Å². The molecule has 1 aromatic rings. The van der Waals surface area contributed by atoms with E-state index in [2.05, 4.69) is 24.4 Å². The molecule has 0 unspecified atom stereocenters. The Morgan fingerprint density at radius 1 is 1.28 bits per heavy atom. The molecule has 1 aliphatic rings. The molecule has 2 nitrogen and oxygen atoms in total. The second-order valence-electron chi connectivity index (χ2n) is 5.02. The summed E-state index contributed by atoms with van der Waals surface area (Å²) in [5, 5.41) is 13.3. The monoisotopic (exact) mass is 245 g/mol. The molecule has 0 amide bonds. The van der Waals surface area contributed by atoms with E-state index >= 15 is 0 Å². The molecule has 1 fully saturated rings. The van der Waals surface area contributed by atoms with Crippen LogP contribution in [0.15, 0.2) is 30.3 Å². The highest BCUT2D eigenvalue weighted by atomic mass is 16.3. The molecule has 98 valence electrons. The largest absolute Gasteiger partial charge is 0.508 e. The molecule has 0 atom stereocenters. The maximum Gasteiger partial charge on any atom is 0.118 e. The summed E-state index contributed by atoms with van der Waals surface area (Å²) in [6, 6.07) is 8.42. The van der Waals surface area contributed by atoms with Crippen molar-refractivity contribution < 1.29 is 5.11 Å². The zero-order valence-electron chi connectivity index (χ0n) is 11.2. The maximum absolute atomic E-state index is 9.90. The minimum atomic E-state index is 0.411. The van der Waals surface area contributed by atoms with E-state index in [4.69, 9.17) is 0 Å². The van der Waals surface area contributed by atoms with Crippen LogP contribution >= 0.6 is 0 Å². The van der Waals surface area contributed by atoms with Gasteiger partial charge in [0.1, 0.15) is 5.76 Å². The predicted octanol–water partition coefficient (Wildman–Crippen LogP) is 3.85. The molecule has 1 aromatic carbocycles. The van der Waals surface area contributed by atoms with Gasteiger partial charge in [0.2, 0.25) is 0 Å². The van der Waals surface area contributed by atoms with E-state index in [1.54, 1.807) is 0 Å². The topological polar surface area (TPSA) is 32.3 Å². The van der Waals surface area contributed by atoms with Gasteiger partial charge in [-0.3, -0.25) is 0 Å². The first-order valence-corrected chi connectivity index (χ1v) is 7.01. The van der Waals surface area contributed by atoms with Crippen molar-refractivity contribution in [3.05, 3.63) is 41.5 Å². The van der Waals surface area contributed by atoms with Crippen molar-refractivity contribution in [3.8, 4) is 0 Å². The first-order valence-electron chi connectivity index (χ1n) is 7.01. The molecule has 1 saturated heterocycles. The lowest BCUT2D eigenvalue weighted by atomic mass is 9.90. The molecule has 2 heteroatoms. The molecule has 0 bridgehead atoms. The Balaban J connectivity index is 2.04. The van der Waals surface area contributed by atoms with Crippen LogP contribution in [0.3, 0.4) is 0 Å². The zero-order valence-corrected chi connectivity index (χ0v) is 11.2. The van der Waals surface area contributed by atoms with Gasteiger partial charge >= 0.3 is 0 Å². The van der Waals surface area contributed by atoms with Crippen LogP contribution in [-0.2, 0) is 0 Å². The lowest BCUT2D eigenvalue weighted by Gasteiger charge is -2.23. The van der Waals surface area contributed by atoms with E-state index in [1.807, 2.05) is 18.2 Å². The predicted molar refractivity (Wildman–Crippen MR) is 76.8 cm³/mol. The molecular weight excluding hydrogens is 222 g/mol. The Morgan fingerprint density at radius 3 is 2.56 bits per heavy atom. The van der Waals surface area contributed by atoms with Crippen molar-refractivity contribution in [3.63, 3.8) is 0 Å². The van der Waals surface area contributed by atoms with Crippen LogP contribution in [0, 0.1) is 0 Å². The molecule has 0 spiro atoms. The van der Waals surface area contributed by atoms with Gasteiger partial charge in [-0.2, -0.15) is 0 Å². The Kier molecular flexibility index (Phi) is 4.82. The lowest BCUT2D eigenvalue weighted by Crippen LogP contribution is -2.26. The summed E-state index contributed by atoms with van der Waals surface area (Å²) in [4.78, 5) is 0. The summed E-state index contributed by atoms with van der Waals surface area (Å²) < 4.78 is 0. The van der Waals surface area contributed by atoms with Crippen LogP contribution in [0.5, 0.6) is 0 Å². The standard InChI is InChI=1S/C16H23NO/c1-2-3-4-16(18)15-7-5-13(6-8-15)14-9-11-17-12-10-14/h4-8,14,17-18H,2-3,9-12H2,1H3/b16-4+. The normalized spacial score (nSPS) is 17.9. The van der Waals surface area contributed by atoms with Crippen LogP contribution in [0.2, 0.25) is 0 Å². The minimum Gasteiger partial charge on any atom is -0.508 e. The number of hydrogen-bond acceptors (Lipinski definition) is 2. The number of hydrogen-bond donors (Lipinski definition) is 2. The summed E-state index contributed by atoms with van der Waals surface area (Å²) in [5.74, 6) is 1.09. The third kappa shape index (κ3) is 3.36. The van der Waals surface area contributed by atoms with Gasteiger partial charge in [0.05, 0.1) is 0 Å². The highest BCUT2D eigenvalue weighted by Crippen LogP contribution is 2.26. The summed E-state index contributed by atoms with van der Waals surface area (Å²) in [6.45, 7) is 4.35. The van der Waals surface area contributed by atoms with Gasteiger partial charge in [0.15, 0.2) is 0 Å². The molecular formula is C16H23NO. The fourth-order valence-corrected chi connectivity index (χ4v) is 2.48. The van der Waals surface area contributed by atoms with Crippen LogP contribution in [0.25, 0.3) is 5.76 Å². The number of nitrogens with one attached hydrogen (secondary N) is 1. The number of benzene rings is 1. The molecule has 0 saturated carbocycles. The van der Waals surface area contributed by atoms with E-state index in [-0.39, 0.29) is 0 Å². The Hall–Kier alpha value is -1.28. The van der Waals surface area contributed by atoms with Gasteiger partial charge in [0.25, 0.3) is 0 Å². The minimum absolute atomic E-state index is 0.411. The molecule has 18 heavy (non-hydrogen) atoms. The van der Waals surface area contributed by atoms with Crippen molar-refractivity contribution in [2.24, 2.45) is 0 Å². The summed E-state index contributed by atoms with van der Waals surface area (Å²) in [7, 11) is 0. The van der Waals surface area contributed by atoms with Crippen molar-refractivity contribution in [1.29, 1.82) is 0 Å².